The molecule has 2 aromatic rings. The maximum Gasteiger partial charge on any atom is 0.121 e. The van der Waals surface area contributed by atoms with Crippen LogP contribution < -0.4 is 5.32 Å². The fourth-order valence-electron chi connectivity index (χ4n) is 1.64. The summed E-state index contributed by atoms with van der Waals surface area (Å²) in [4.78, 5) is 3.95. The Hall–Kier alpha value is -1.89. The van der Waals surface area contributed by atoms with E-state index < -0.39 is 0 Å². The van der Waals surface area contributed by atoms with Gasteiger partial charge in [-0.2, -0.15) is 5.26 Å². The summed E-state index contributed by atoms with van der Waals surface area (Å²) in [6.45, 7) is 0.618. The first-order valence-electron chi connectivity index (χ1n) is 5.57. The maximum absolute atomic E-state index is 9.18. The van der Waals surface area contributed by atoms with E-state index in [1.807, 2.05) is 24.3 Å². The monoisotopic (exact) mass is 257 g/mol. The number of benzene rings is 1. The lowest BCUT2D eigenvalue weighted by Gasteiger charge is -2.12. The van der Waals surface area contributed by atoms with E-state index in [0.29, 0.717) is 11.6 Å². The Morgan fingerprint density at radius 2 is 2.06 bits per heavy atom. The molecule has 1 N–H and O–H groups in total. The van der Waals surface area contributed by atoms with Crippen LogP contribution in [0, 0.1) is 11.3 Å². The van der Waals surface area contributed by atoms with Gasteiger partial charge < -0.3 is 0 Å². The van der Waals surface area contributed by atoms with Gasteiger partial charge in [-0.15, -0.1) is 0 Å². The molecule has 3 nitrogen and oxygen atoms in total. The molecule has 0 saturated heterocycles. The van der Waals surface area contributed by atoms with Crippen LogP contribution in [0.1, 0.15) is 17.2 Å². The van der Waals surface area contributed by atoms with Gasteiger partial charge in [-0.3, -0.25) is 10.3 Å². The van der Waals surface area contributed by atoms with Crippen LogP contribution in [0.3, 0.4) is 0 Å². The van der Waals surface area contributed by atoms with Crippen molar-refractivity contribution in [3.8, 4) is 6.07 Å². The lowest BCUT2D eigenvalue weighted by molar-refractivity contribution is 0.630. The van der Waals surface area contributed by atoms with Crippen LogP contribution in [0.4, 0.5) is 0 Å². The van der Waals surface area contributed by atoms with Crippen molar-refractivity contribution >= 4 is 11.6 Å². The first-order valence-corrected chi connectivity index (χ1v) is 5.95. The Morgan fingerprint density at radius 3 is 2.72 bits per heavy atom. The summed E-state index contributed by atoms with van der Waals surface area (Å²) in [6.07, 6.45) is 3.47. The lowest BCUT2D eigenvalue weighted by atomic mass is 10.1. The van der Waals surface area contributed by atoms with Crippen molar-refractivity contribution in [2.45, 2.75) is 12.6 Å². The summed E-state index contributed by atoms with van der Waals surface area (Å²) >= 11 is 5.92. The average molecular weight is 258 g/mol. The zero-order chi connectivity index (χ0) is 12.8. The topological polar surface area (TPSA) is 48.7 Å². The van der Waals surface area contributed by atoms with Gasteiger partial charge in [0, 0.05) is 24.0 Å². The summed E-state index contributed by atoms with van der Waals surface area (Å²) in [5.74, 6) is 0. The molecule has 0 saturated carbocycles. The molecule has 1 heterocycles. The number of nitriles is 1. The average Bonchev–Trinajstić information content (AvgIpc) is 2.41. The van der Waals surface area contributed by atoms with Gasteiger partial charge in [0.25, 0.3) is 0 Å². The molecule has 2 rings (SSSR count). The first-order chi connectivity index (χ1) is 8.79. The SMILES string of the molecule is N#CC(NCc1ccncc1)c1cccc(Cl)c1. The van der Waals surface area contributed by atoms with Crippen molar-refractivity contribution in [1.82, 2.24) is 10.3 Å². The van der Waals surface area contributed by atoms with Crippen molar-refractivity contribution in [3.63, 3.8) is 0 Å². The Kier molecular flexibility index (Phi) is 4.30. The largest absolute Gasteiger partial charge is 0.294 e. The van der Waals surface area contributed by atoms with Crippen LogP contribution in [0.15, 0.2) is 48.8 Å². The molecule has 1 atom stereocenters. The summed E-state index contributed by atoms with van der Waals surface area (Å²) in [5, 5.41) is 13.0. The highest BCUT2D eigenvalue weighted by atomic mass is 35.5. The zero-order valence-electron chi connectivity index (χ0n) is 9.68. The van der Waals surface area contributed by atoms with Gasteiger partial charge in [-0.05, 0) is 35.4 Å². The standard InChI is InChI=1S/C14H12ClN3/c15-13-3-1-2-12(8-13)14(9-16)18-10-11-4-6-17-7-5-11/h1-8,14,18H,10H2. The molecule has 4 heteroatoms. The Bertz CT molecular complexity index is 548. The van der Waals surface area contributed by atoms with Crippen molar-refractivity contribution in [2.75, 3.05) is 0 Å². The van der Waals surface area contributed by atoms with Crippen molar-refractivity contribution in [1.29, 1.82) is 5.26 Å². The second-order valence-corrected chi connectivity index (χ2v) is 4.29. The molecule has 0 aliphatic rings. The van der Waals surface area contributed by atoms with Crippen LogP contribution >= 0.6 is 11.6 Å². The van der Waals surface area contributed by atoms with Gasteiger partial charge in [-0.1, -0.05) is 23.7 Å². The van der Waals surface area contributed by atoms with E-state index in [4.69, 9.17) is 11.6 Å². The van der Waals surface area contributed by atoms with Gasteiger partial charge in [-0.25, -0.2) is 0 Å². The number of pyridine rings is 1. The summed E-state index contributed by atoms with van der Waals surface area (Å²) in [7, 11) is 0. The molecule has 1 aromatic heterocycles. The minimum absolute atomic E-state index is 0.364. The molecular formula is C14H12ClN3. The molecule has 0 amide bonds. The highest BCUT2D eigenvalue weighted by molar-refractivity contribution is 6.30. The Morgan fingerprint density at radius 1 is 1.28 bits per heavy atom. The molecule has 0 bridgehead atoms. The molecule has 1 aromatic carbocycles. The fourth-order valence-corrected chi connectivity index (χ4v) is 1.84. The van der Waals surface area contributed by atoms with E-state index in [1.165, 1.54) is 0 Å². The third-order valence-corrected chi connectivity index (χ3v) is 2.81. The van der Waals surface area contributed by atoms with E-state index in [1.54, 1.807) is 24.5 Å². The number of nitrogens with one attached hydrogen (secondary N) is 1. The number of halogens is 1. The lowest BCUT2D eigenvalue weighted by Crippen LogP contribution is -2.19. The summed E-state index contributed by atoms with van der Waals surface area (Å²) in [5.41, 5.74) is 1.96. The number of hydrogen-bond donors (Lipinski definition) is 1. The second-order valence-electron chi connectivity index (χ2n) is 3.85. The molecule has 18 heavy (non-hydrogen) atoms. The molecule has 0 aliphatic heterocycles. The highest BCUT2D eigenvalue weighted by Crippen LogP contribution is 2.17. The first kappa shape index (κ1) is 12.6. The Labute approximate surface area is 111 Å². The molecule has 0 spiro atoms. The third-order valence-electron chi connectivity index (χ3n) is 2.57. The molecule has 0 aliphatic carbocycles. The quantitative estimate of drug-likeness (QED) is 0.916. The number of hydrogen-bond acceptors (Lipinski definition) is 3. The van der Waals surface area contributed by atoms with Crippen LogP contribution in [-0.2, 0) is 6.54 Å². The highest BCUT2D eigenvalue weighted by Gasteiger charge is 2.09. The van der Waals surface area contributed by atoms with Crippen LogP contribution in [0.2, 0.25) is 5.02 Å². The normalized spacial score (nSPS) is 11.8. The third kappa shape index (κ3) is 3.30. The minimum atomic E-state index is -0.364. The van der Waals surface area contributed by atoms with Gasteiger partial charge in [0.1, 0.15) is 6.04 Å². The zero-order valence-corrected chi connectivity index (χ0v) is 10.4. The second kappa shape index (κ2) is 6.15. The fraction of sp³-hybridized carbons (Fsp3) is 0.143. The minimum Gasteiger partial charge on any atom is -0.294 e. The van der Waals surface area contributed by atoms with E-state index in [2.05, 4.69) is 16.4 Å². The molecule has 1 unspecified atom stereocenters. The van der Waals surface area contributed by atoms with E-state index >= 15 is 0 Å². The van der Waals surface area contributed by atoms with Crippen LogP contribution in [0.25, 0.3) is 0 Å². The van der Waals surface area contributed by atoms with Gasteiger partial charge in [0.2, 0.25) is 0 Å². The smallest absolute Gasteiger partial charge is 0.121 e. The predicted octanol–water partition coefficient (Wildman–Crippen LogP) is 3.09. The summed E-state index contributed by atoms with van der Waals surface area (Å²) in [6, 6.07) is 13.0. The van der Waals surface area contributed by atoms with Crippen LogP contribution in [0.5, 0.6) is 0 Å². The predicted molar refractivity (Wildman–Crippen MR) is 70.9 cm³/mol. The van der Waals surface area contributed by atoms with Gasteiger partial charge in [0.15, 0.2) is 0 Å². The van der Waals surface area contributed by atoms with E-state index in [-0.39, 0.29) is 6.04 Å². The number of nitrogens with zero attached hydrogens (tertiary/aromatic N) is 2. The number of aromatic nitrogens is 1. The van der Waals surface area contributed by atoms with Crippen molar-refractivity contribution < 1.29 is 0 Å². The van der Waals surface area contributed by atoms with E-state index in [0.717, 1.165) is 11.1 Å². The van der Waals surface area contributed by atoms with Gasteiger partial charge in [0.05, 0.1) is 6.07 Å². The van der Waals surface area contributed by atoms with Crippen LogP contribution in [-0.4, -0.2) is 4.98 Å². The van der Waals surface area contributed by atoms with Crippen molar-refractivity contribution in [3.05, 3.63) is 64.9 Å². The van der Waals surface area contributed by atoms with E-state index in [9.17, 15) is 5.26 Å². The molecule has 0 fully saturated rings. The Balaban J connectivity index is 2.05. The molecular weight excluding hydrogens is 246 g/mol. The number of rotatable bonds is 4. The van der Waals surface area contributed by atoms with Crippen molar-refractivity contribution in [2.24, 2.45) is 0 Å². The summed E-state index contributed by atoms with van der Waals surface area (Å²) < 4.78 is 0. The van der Waals surface area contributed by atoms with Gasteiger partial charge >= 0.3 is 0 Å². The molecule has 0 radical (unpaired) electrons. The molecule has 90 valence electrons. The maximum atomic E-state index is 9.18.